The fourth-order valence-corrected chi connectivity index (χ4v) is 17.1. The predicted molar refractivity (Wildman–Crippen MR) is 582 cm³/mol. The van der Waals surface area contributed by atoms with Crippen molar-refractivity contribution in [2.24, 2.45) is 35.5 Å². The van der Waals surface area contributed by atoms with Crippen molar-refractivity contribution in [3.8, 4) is 0 Å². The second-order valence-electron chi connectivity index (χ2n) is 42.8. The van der Waals surface area contributed by atoms with Crippen LogP contribution < -0.4 is 0 Å². The summed E-state index contributed by atoms with van der Waals surface area (Å²) in [6.07, 6.45) is 117. The maximum Gasteiger partial charge on any atom is 0.303 e. The molecule has 0 unspecified atom stereocenters. The van der Waals surface area contributed by atoms with Crippen LogP contribution in [0.15, 0.2) is 0 Å². The minimum Gasteiger partial charge on any atom is -0.481 e. The normalized spacial score (nSPS) is 11.2. The lowest BCUT2D eigenvalue weighted by Gasteiger charge is -2.05. The fraction of sp³-hybridized carbons (Fsp3) is 0.934. The van der Waals surface area contributed by atoms with Crippen molar-refractivity contribution in [2.45, 2.75) is 701 Å². The Morgan fingerprint density at radius 1 is 0.121 bits per heavy atom. The highest BCUT2D eigenvalue weighted by atomic mass is 16.4. The number of carboxylic acids is 2. The van der Waals surface area contributed by atoms with Crippen molar-refractivity contribution in [1.29, 1.82) is 0 Å². The Bertz CT molecular complexity index is 2320. The standard InChI is InChI=1S/C23H44O3.C23H46O.C21H40O3.C21H42O.C19H38O.C15H30O/c1-21(2)22(24)19-17-15-13-11-9-7-5-3-4-6-8-10-12-14-16-18-20-23(25)26;1-4-5-6-7-8-9-10-11-12-13-14-15-16-17-18-19-20-21-23(24)22(2)3;1-19(2)20(22)17-15-13-11-9-7-5-3-4-6-8-10-12-14-16-18-21(23)24;1-4-5-6-7-8-9-10-11-12-13-14-15-16-17-18-19-21(22)20(2)3;1-4-5-6-7-8-9-10-11-12-13-14-15-16-17-19(20)18(2)3;1-4-5-6-7-8-9-10-11-12-13-15(16)14(2)3/h21H,3-20H2,1-2H3,(H,25,26);22H,4-21H2,1-3H3;19H,3-18H2,1-2H3,(H,23,24);20H,4-19H2,1-3H3;18H,4-17H2,1-3H3;14H,4-13H2,1-3H3. The molecule has 10 heteroatoms. The van der Waals surface area contributed by atoms with Gasteiger partial charge in [-0.15, -0.1) is 0 Å². The summed E-state index contributed by atoms with van der Waals surface area (Å²) in [5, 5.41) is 17.1. The van der Waals surface area contributed by atoms with E-state index in [-0.39, 0.29) is 35.5 Å². The molecule has 0 heterocycles. The highest BCUT2D eigenvalue weighted by Gasteiger charge is 2.13. The van der Waals surface area contributed by atoms with Crippen molar-refractivity contribution in [2.75, 3.05) is 0 Å². The summed E-state index contributed by atoms with van der Waals surface area (Å²) in [7, 11) is 0. The van der Waals surface area contributed by atoms with E-state index in [1.54, 1.807) is 0 Å². The van der Waals surface area contributed by atoms with Crippen LogP contribution in [0.1, 0.15) is 701 Å². The molecule has 0 amide bonds. The van der Waals surface area contributed by atoms with Gasteiger partial charge in [0.25, 0.3) is 0 Å². The first-order valence-corrected chi connectivity index (χ1v) is 59.4. The van der Waals surface area contributed by atoms with E-state index < -0.39 is 11.9 Å². The first-order valence-electron chi connectivity index (χ1n) is 59.4. The molecule has 0 aliphatic rings. The molecule has 0 aliphatic carbocycles. The molecule has 0 aromatic heterocycles. The Morgan fingerprint density at radius 2 is 0.189 bits per heavy atom. The molecule has 0 rings (SSSR count). The van der Waals surface area contributed by atoms with Gasteiger partial charge in [-0.2, -0.15) is 0 Å². The molecule has 132 heavy (non-hydrogen) atoms. The first-order chi connectivity index (χ1) is 63.8. The number of ketones is 6. The number of carbonyl (C=O) groups excluding carboxylic acids is 6. The van der Waals surface area contributed by atoms with E-state index >= 15 is 0 Å². The summed E-state index contributed by atoms with van der Waals surface area (Å²) < 4.78 is 0. The summed E-state index contributed by atoms with van der Waals surface area (Å²) in [4.78, 5) is 89.5. The van der Waals surface area contributed by atoms with Crippen molar-refractivity contribution in [3.05, 3.63) is 0 Å². The summed E-state index contributed by atoms with van der Waals surface area (Å²) >= 11 is 0. The van der Waals surface area contributed by atoms with E-state index in [4.69, 9.17) is 10.2 Å². The number of hydrogen-bond donors (Lipinski definition) is 2. The zero-order valence-electron chi connectivity index (χ0n) is 92.7. The van der Waals surface area contributed by atoms with Crippen LogP contribution in [0, 0.1) is 35.5 Å². The van der Waals surface area contributed by atoms with Gasteiger partial charge in [0.2, 0.25) is 0 Å². The van der Waals surface area contributed by atoms with Gasteiger partial charge in [-0.1, -0.05) is 599 Å². The average Bonchev–Trinajstić information content (AvgIpc) is 1.03. The van der Waals surface area contributed by atoms with Crippen LogP contribution >= 0.6 is 0 Å². The maximum atomic E-state index is 11.5. The first kappa shape index (κ1) is 140. The average molecular weight is 1870 g/mol. The minimum atomic E-state index is -0.668. The molecular formula is C122H240O10. The summed E-state index contributed by atoms with van der Waals surface area (Å²) in [6.45, 7) is 33.1. The number of hydrogen-bond acceptors (Lipinski definition) is 8. The van der Waals surface area contributed by atoms with Gasteiger partial charge < -0.3 is 10.2 Å². The highest BCUT2D eigenvalue weighted by molar-refractivity contribution is 5.82. The Hall–Kier alpha value is -3.04. The predicted octanol–water partition coefficient (Wildman–Crippen LogP) is 41.4. The van der Waals surface area contributed by atoms with Crippen molar-refractivity contribution < 1.29 is 48.6 Å². The highest BCUT2D eigenvalue weighted by Crippen LogP contribution is 2.23. The minimum absolute atomic E-state index is 0.203. The summed E-state index contributed by atoms with van der Waals surface area (Å²) in [5.41, 5.74) is 0. The molecule has 0 spiro atoms. The second kappa shape index (κ2) is 120. The molecule has 0 radical (unpaired) electrons. The van der Waals surface area contributed by atoms with Crippen molar-refractivity contribution in [1.82, 2.24) is 0 Å². The van der Waals surface area contributed by atoms with Crippen LogP contribution in [-0.4, -0.2) is 56.9 Å². The van der Waals surface area contributed by atoms with Crippen molar-refractivity contribution >= 4 is 46.6 Å². The Kier molecular flexibility index (Phi) is 127. The topological polar surface area (TPSA) is 177 Å². The van der Waals surface area contributed by atoms with Gasteiger partial charge in [0, 0.05) is 86.9 Å². The van der Waals surface area contributed by atoms with Crippen LogP contribution in [0.25, 0.3) is 0 Å². The Morgan fingerprint density at radius 3 is 0.258 bits per heavy atom. The largest absolute Gasteiger partial charge is 0.481 e. The third-order valence-electron chi connectivity index (χ3n) is 27.1. The number of carbonyl (C=O) groups is 8. The smallest absolute Gasteiger partial charge is 0.303 e. The molecule has 0 fully saturated rings. The molecule has 0 aliphatic heterocycles. The molecule has 0 aromatic rings. The molecule has 0 saturated carbocycles. The number of carboxylic acid groups (broad SMARTS) is 2. The SMILES string of the molecule is CC(C)C(=O)CCCCCCCCCCCCCCCCC(=O)O.CC(C)C(=O)CCCCCCCCCCCCCCCCCCC(=O)O.CCCCCCCCCCCC(=O)C(C)C.CCCCCCCCCCCCCCCC(=O)C(C)C.CCCCCCCCCCCCCCCCCC(=O)C(C)C.CCCCCCCCCCCCCCCCCCCC(=O)C(C)C. The molecule has 788 valence electrons. The lowest BCUT2D eigenvalue weighted by Crippen LogP contribution is -2.05. The molecule has 10 nitrogen and oxygen atoms in total. The molecule has 0 aromatic carbocycles. The van der Waals surface area contributed by atoms with Gasteiger partial charge in [0.1, 0.15) is 34.7 Å². The zero-order valence-corrected chi connectivity index (χ0v) is 92.7. The lowest BCUT2D eigenvalue weighted by molar-refractivity contribution is -0.138. The second-order valence-corrected chi connectivity index (χ2v) is 42.8. The number of Topliss-reactive ketones (excluding diaryl/α,β-unsaturated/α-hetero) is 6. The summed E-state index contributed by atoms with van der Waals surface area (Å²) in [6, 6.07) is 0. The molecule has 2 N–H and O–H groups in total. The van der Waals surface area contributed by atoms with Crippen LogP contribution in [0.5, 0.6) is 0 Å². The molecule has 0 bridgehead atoms. The Labute approximate surface area is 827 Å². The summed E-state index contributed by atoms with van der Waals surface area (Å²) in [5.74, 6) is 2.58. The number of rotatable bonds is 100. The maximum absolute atomic E-state index is 11.5. The molecular weight excluding hydrogens is 1630 g/mol. The van der Waals surface area contributed by atoms with Gasteiger partial charge in [-0.3, -0.25) is 38.4 Å². The van der Waals surface area contributed by atoms with E-state index in [9.17, 15) is 38.4 Å². The monoisotopic (exact) mass is 1870 g/mol. The zero-order chi connectivity index (χ0) is 99.1. The van der Waals surface area contributed by atoms with Gasteiger partial charge in [-0.05, 0) is 51.4 Å². The van der Waals surface area contributed by atoms with E-state index in [0.717, 1.165) is 103 Å². The van der Waals surface area contributed by atoms with Crippen molar-refractivity contribution in [3.63, 3.8) is 0 Å². The van der Waals surface area contributed by atoms with Crippen LogP contribution in [0.3, 0.4) is 0 Å². The van der Waals surface area contributed by atoms with Gasteiger partial charge in [0.15, 0.2) is 0 Å². The quantitative estimate of drug-likeness (QED) is 0.0557. The van der Waals surface area contributed by atoms with Gasteiger partial charge >= 0.3 is 11.9 Å². The third-order valence-corrected chi connectivity index (χ3v) is 27.1. The lowest BCUT2D eigenvalue weighted by atomic mass is 10.0. The third kappa shape index (κ3) is 133. The number of unbranched alkanes of at least 4 members (excludes halogenated alkanes) is 78. The molecule has 0 saturated heterocycles. The van der Waals surface area contributed by atoms with Gasteiger partial charge in [0.05, 0.1) is 0 Å². The van der Waals surface area contributed by atoms with Crippen LogP contribution in [-0.2, 0) is 38.4 Å². The Balaban J connectivity index is -0.000000363. The van der Waals surface area contributed by atoms with Crippen LogP contribution in [0.4, 0.5) is 0 Å². The van der Waals surface area contributed by atoms with Crippen LogP contribution in [0.2, 0.25) is 0 Å². The van der Waals surface area contributed by atoms with E-state index in [0.29, 0.717) is 47.5 Å². The molecule has 0 atom stereocenters. The van der Waals surface area contributed by atoms with Gasteiger partial charge in [-0.25, -0.2) is 0 Å². The fourth-order valence-electron chi connectivity index (χ4n) is 17.1. The number of aliphatic carboxylic acids is 2. The van der Waals surface area contributed by atoms with E-state index in [2.05, 4.69) is 27.7 Å². The van der Waals surface area contributed by atoms with E-state index in [1.165, 1.54) is 475 Å². The van der Waals surface area contributed by atoms with E-state index in [1.807, 2.05) is 83.1 Å².